The molecule has 0 bridgehead atoms. The van der Waals surface area contributed by atoms with Gasteiger partial charge in [0.15, 0.2) is 11.2 Å². The summed E-state index contributed by atoms with van der Waals surface area (Å²) in [4.78, 5) is 30.6. The summed E-state index contributed by atoms with van der Waals surface area (Å²) >= 11 is 0. The quantitative estimate of drug-likeness (QED) is 0.598. The number of imidazole rings is 1. The molecule has 30 heavy (non-hydrogen) atoms. The van der Waals surface area contributed by atoms with E-state index in [2.05, 4.69) is 11.9 Å². The number of hydrogen-bond acceptors (Lipinski definition) is 4. The molecule has 0 spiro atoms. The molecule has 0 saturated carbocycles. The van der Waals surface area contributed by atoms with Gasteiger partial charge in [0.25, 0.3) is 5.56 Å². The molecule has 160 valence electrons. The summed E-state index contributed by atoms with van der Waals surface area (Å²) in [5, 5.41) is 0. The van der Waals surface area contributed by atoms with Crippen molar-refractivity contribution in [2.75, 3.05) is 7.11 Å². The van der Waals surface area contributed by atoms with E-state index in [0.29, 0.717) is 36.5 Å². The smallest absolute Gasteiger partial charge is 0.332 e. The van der Waals surface area contributed by atoms with Crippen molar-refractivity contribution in [2.24, 2.45) is 7.05 Å². The Balaban J connectivity index is 2.18. The van der Waals surface area contributed by atoms with Crippen molar-refractivity contribution in [3.05, 3.63) is 55.5 Å². The first-order chi connectivity index (χ1) is 14.3. The van der Waals surface area contributed by atoms with Gasteiger partial charge in [0.2, 0.25) is 0 Å². The van der Waals surface area contributed by atoms with Crippen molar-refractivity contribution in [1.29, 1.82) is 0 Å². The number of hydrogen-bond donors (Lipinski definition) is 0. The van der Waals surface area contributed by atoms with Crippen LogP contribution in [0.4, 0.5) is 0 Å². The zero-order valence-electron chi connectivity index (χ0n) is 18.7. The maximum atomic E-state index is 13.0. The van der Waals surface area contributed by atoms with Crippen molar-refractivity contribution >= 4 is 23.3 Å². The average Bonchev–Trinajstić information content (AvgIpc) is 3.06. The third-order valence-corrected chi connectivity index (χ3v) is 5.58. The fourth-order valence-electron chi connectivity index (χ4n) is 3.76. The van der Waals surface area contributed by atoms with Crippen LogP contribution in [0.1, 0.15) is 49.2 Å². The Morgan fingerprint density at radius 3 is 2.30 bits per heavy atom. The zero-order chi connectivity index (χ0) is 22.0. The van der Waals surface area contributed by atoms with Gasteiger partial charge in [-0.1, -0.05) is 26.0 Å². The first-order valence-corrected chi connectivity index (χ1v) is 10.4. The second-order valence-electron chi connectivity index (χ2n) is 7.53. The van der Waals surface area contributed by atoms with Gasteiger partial charge < -0.3 is 9.30 Å². The van der Waals surface area contributed by atoms with Crippen molar-refractivity contribution in [2.45, 2.75) is 53.6 Å². The highest BCUT2D eigenvalue weighted by atomic mass is 16.5. The van der Waals surface area contributed by atoms with E-state index in [1.54, 1.807) is 16.2 Å². The van der Waals surface area contributed by atoms with E-state index >= 15 is 0 Å². The molecule has 2 heterocycles. The number of nitrogens with zero attached hydrogens (tertiary/aromatic N) is 4. The van der Waals surface area contributed by atoms with Crippen LogP contribution < -0.4 is 16.0 Å². The van der Waals surface area contributed by atoms with Gasteiger partial charge in [-0.05, 0) is 55.5 Å². The lowest BCUT2D eigenvalue weighted by Gasteiger charge is -2.10. The van der Waals surface area contributed by atoms with Gasteiger partial charge in [-0.25, -0.2) is 9.78 Å². The first-order valence-electron chi connectivity index (χ1n) is 10.4. The molecule has 0 atom stereocenters. The minimum Gasteiger partial charge on any atom is -0.496 e. The fourth-order valence-corrected chi connectivity index (χ4v) is 3.76. The second kappa shape index (κ2) is 8.73. The Morgan fingerprint density at radius 2 is 1.67 bits per heavy atom. The molecule has 3 aromatic rings. The Bertz CT molecular complexity index is 1230. The van der Waals surface area contributed by atoms with Gasteiger partial charge >= 0.3 is 5.69 Å². The number of benzene rings is 1. The summed E-state index contributed by atoms with van der Waals surface area (Å²) in [5.41, 5.74) is 3.60. The summed E-state index contributed by atoms with van der Waals surface area (Å²) in [6.07, 6.45) is 5.37. The monoisotopic (exact) mass is 410 g/mol. The molecule has 0 unspecified atom stereocenters. The minimum atomic E-state index is -0.286. The Labute approximate surface area is 176 Å². The molecule has 0 aliphatic heterocycles. The van der Waals surface area contributed by atoms with E-state index in [1.165, 1.54) is 4.57 Å². The normalized spacial score (nSPS) is 11.7. The van der Waals surface area contributed by atoms with Crippen LogP contribution in [-0.2, 0) is 20.1 Å². The van der Waals surface area contributed by atoms with E-state index in [0.717, 1.165) is 28.9 Å². The van der Waals surface area contributed by atoms with Gasteiger partial charge in [-0.15, -0.1) is 0 Å². The number of methoxy groups -OCH3 is 1. The van der Waals surface area contributed by atoms with E-state index in [1.807, 2.05) is 52.1 Å². The first kappa shape index (κ1) is 21.6. The van der Waals surface area contributed by atoms with Gasteiger partial charge in [0.1, 0.15) is 11.6 Å². The predicted molar refractivity (Wildman–Crippen MR) is 121 cm³/mol. The van der Waals surface area contributed by atoms with Crippen molar-refractivity contribution in [3.8, 4) is 5.75 Å². The Hall–Kier alpha value is -3.09. The molecule has 0 fully saturated rings. The molecule has 0 radical (unpaired) electrons. The molecule has 7 nitrogen and oxygen atoms in total. The number of rotatable bonds is 7. The zero-order valence-corrected chi connectivity index (χ0v) is 18.7. The molecule has 3 rings (SSSR count). The average molecular weight is 411 g/mol. The lowest BCUT2D eigenvalue weighted by molar-refractivity contribution is 0.411. The molecule has 0 aliphatic rings. The molecule has 0 N–H and O–H groups in total. The number of aromatic nitrogens is 4. The van der Waals surface area contributed by atoms with Crippen LogP contribution in [0.5, 0.6) is 5.75 Å². The lowest BCUT2D eigenvalue weighted by Crippen LogP contribution is -2.40. The van der Waals surface area contributed by atoms with Crippen LogP contribution in [-0.4, -0.2) is 25.8 Å². The van der Waals surface area contributed by atoms with Crippen LogP contribution in [0, 0.1) is 13.8 Å². The molecular formula is C23H30N4O3. The molecule has 0 saturated heterocycles. The fraction of sp³-hybridized carbons (Fsp3) is 0.435. The van der Waals surface area contributed by atoms with Crippen LogP contribution >= 0.6 is 0 Å². The number of aryl methyl sites for hydroxylation is 2. The molecular weight excluding hydrogens is 380 g/mol. The summed E-state index contributed by atoms with van der Waals surface area (Å²) in [6.45, 7) is 8.96. The van der Waals surface area contributed by atoms with Crippen molar-refractivity contribution in [1.82, 2.24) is 18.7 Å². The predicted octanol–water partition coefficient (Wildman–Crippen LogP) is 3.51. The number of ether oxygens (including phenoxy) is 1. The topological polar surface area (TPSA) is 71.1 Å². The van der Waals surface area contributed by atoms with E-state index in [-0.39, 0.29) is 11.2 Å². The summed E-state index contributed by atoms with van der Waals surface area (Å²) in [5.74, 6) is 1.49. The summed E-state index contributed by atoms with van der Waals surface area (Å²) in [6, 6.07) is 3.95. The minimum absolute atomic E-state index is 0.282. The molecule has 0 amide bonds. The highest BCUT2D eigenvalue weighted by molar-refractivity contribution is 5.77. The third kappa shape index (κ3) is 3.60. The maximum Gasteiger partial charge on any atom is 0.332 e. The highest BCUT2D eigenvalue weighted by Gasteiger charge is 2.18. The molecule has 1 aromatic carbocycles. The van der Waals surface area contributed by atoms with Crippen LogP contribution in [0.2, 0.25) is 0 Å². The van der Waals surface area contributed by atoms with Gasteiger partial charge in [0, 0.05) is 20.1 Å². The van der Waals surface area contributed by atoms with Crippen LogP contribution in [0.25, 0.3) is 23.3 Å². The SMILES string of the molecule is CCCn1c(=O)c2c(nc(C=Cc3ccc(OC)c(C)c3C)n2C)n(CCC)c1=O. The molecule has 7 heteroatoms. The highest BCUT2D eigenvalue weighted by Crippen LogP contribution is 2.25. The van der Waals surface area contributed by atoms with E-state index in [4.69, 9.17) is 4.74 Å². The van der Waals surface area contributed by atoms with E-state index in [9.17, 15) is 9.59 Å². The lowest BCUT2D eigenvalue weighted by atomic mass is 10.0. The van der Waals surface area contributed by atoms with Gasteiger partial charge in [-0.2, -0.15) is 0 Å². The standard InChI is InChI=1S/C23H30N4O3/c1-7-13-26-21-20(22(28)27(14-8-2)23(26)29)25(5)19(24-21)12-10-17-9-11-18(30-6)16(4)15(17)3/h9-12H,7-8,13-14H2,1-6H3. The molecule has 0 aliphatic carbocycles. The van der Waals surface area contributed by atoms with Crippen LogP contribution in [0.3, 0.4) is 0 Å². The van der Waals surface area contributed by atoms with E-state index < -0.39 is 0 Å². The van der Waals surface area contributed by atoms with Crippen LogP contribution in [0.15, 0.2) is 21.7 Å². The summed E-state index contributed by atoms with van der Waals surface area (Å²) < 4.78 is 10.1. The largest absolute Gasteiger partial charge is 0.496 e. The number of fused-ring (bicyclic) bond motifs is 1. The van der Waals surface area contributed by atoms with Crippen molar-refractivity contribution in [3.63, 3.8) is 0 Å². The summed E-state index contributed by atoms with van der Waals surface area (Å²) in [7, 11) is 3.48. The Morgan fingerprint density at radius 1 is 1.00 bits per heavy atom. The second-order valence-corrected chi connectivity index (χ2v) is 7.53. The van der Waals surface area contributed by atoms with Crippen molar-refractivity contribution < 1.29 is 4.74 Å². The Kier molecular flexibility index (Phi) is 6.29. The van der Waals surface area contributed by atoms with Gasteiger partial charge in [0.05, 0.1) is 7.11 Å². The maximum absolute atomic E-state index is 13.0. The van der Waals surface area contributed by atoms with Gasteiger partial charge in [-0.3, -0.25) is 13.9 Å². The molecule has 2 aromatic heterocycles. The third-order valence-electron chi connectivity index (χ3n) is 5.58.